The molecule has 2 aromatic heterocycles. The van der Waals surface area contributed by atoms with Gasteiger partial charge in [0.1, 0.15) is 5.58 Å². The highest BCUT2D eigenvalue weighted by molar-refractivity contribution is 7.98. The molecule has 4 rings (SSSR count). The molecule has 0 aliphatic heterocycles. The van der Waals surface area contributed by atoms with Crippen molar-refractivity contribution in [2.45, 2.75) is 45.6 Å². The topological polar surface area (TPSA) is 96.8 Å². The summed E-state index contributed by atoms with van der Waals surface area (Å²) in [7, 11) is 0. The number of thioether (sulfide) groups is 1. The largest absolute Gasteiger partial charge is 0.490 e. The number of nitrogens with zero attached hydrogens (tertiary/aromatic N) is 2. The second kappa shape index (κ2) is 10.9. The number of ether oxygens (including phenoxy) is 3. The molecule has 0 aliphatic rings. The number of hydrogen-bond acceptors (Lipinski definition) is 9. The van der Waals surface area contributed by atoms with Gasteiger partial charge >= 0.3 is 5.63 Å². The molecular formula is C26H28N2O6S. The molecule has 0 bridgehead atoms. The summed E-state index contributed by atoms with van der Waals surface area (Å²) in [6.07, 6.45) is 0. The molecular weight excluding hydrogens is 468 g/mol. The van der Waals surface area contributed by atoms with Crippen LogP contribution in [0.15, 0.2) is 49.2 Å². The van der Waals surface area contributed by atoms with E-state index >= 15 is 0 Å². The third kappa shape index (κ3) is 5.30. The maximum absolute atomic E-state index is 12.2. The number of aromatic nitrogens is 2. The van der Waals surface area contributed by atoms with E-state index in [1.165, 1.54) is 17.8 Å². The summed E-state index contributed by atoms with van der Waals surface area (Å²) in [6, 6.07) is 9.12. The fraction of sp³-hybridized carbons (Fsp3) is 0.346. The molecule has 2 heterocycles. The Balaban J connectivity index is 1.62. The van der Waals surface area contributed by atoms with Crippen LogP contribution in [0, 0.1) is 13.8 Å². The molecule has 0 unspecified atom stereocenters. The van der Waals surface area contributed by atoms with Crippen LogP contribution in [-0.2, 0) is 5.75 Å². The average molecular weight is 497 g/mol. The van der Waals surface area contributed by atoms with Crippen LogP contribution in [0.5, 0.6) is 17.2 Å². The van der Waals surface area contributed by atoms with E-state index in [1.54, 1.807) is 12.1 Å². The minimum Gasteiger partial charge on any atom is -0.490 e. The number of rotatable bonds is 10. The summed E-state index contributed by atoms with van der Waals surface area (Å²) >= 11 is 1.35. The molecule has 0 amide bonds. The second-order valence-electron chi connectivity index (χ2n) is 7.74. The van der Waals surface area contributed by atoms with Crippen LogP contribution in [0.3, 0.4) is 0 Å². The van der Waals surface area contributed by atoms with Crippen molar-refractivity contribution in [3.8, 4) is 28.7 Å². The smallest absolute Gasteiger partial charge is 0.336 e. The molecule has 9 heteroatoms. The van der Waals surface area contributed by atoms with E-state index in [4.69, 9.17) is 23.0 Å². The lowest BCUT2D eigenvalue weighted by Crippen LogP contribution is -2.03. The monoisotopic (exact) mass is 496 g/mol. The van der Waals surface area contributed by atoms with Gasteiger partial charge in [0, 0.05) is 22.8 Å². The summed E-state index contributed by atoms with van der Waals surface area (Å²) in [5.74, 6) is 2.46. The first-order valence-electron chi connectivity index (χ1n) is 11.5. The zero-order chi connectivity index (χ0) is 24.9. The Hall–Kier alpha value is -3.46. The van der Waals surface area contributed by atoms with Gasteiger partial charge in [0.25, 0.3) is 5.22 Å². The van der Waals surface area contributed by atoms with Crippen molar-refractivity contribution in [1.29, 1.82) is 0 Å². The van der Waals surface area contributed by atoms with Crippen LogP contribution in [0.4, 0.5) is 0 Å². The predicted octanol–water partition coefficient (Wildman–Crippen LogP) is 5.95. The van der Waals surface area contributed by atoms with Crippen LogP contribution < -0.4 is 19.8 Å². The standard InChI is InChI=1S/C26H28N2O6S/c1-6-30-20-11-17(12-21(31-7-2)24(20)32-8-3)25-27-28-26(34-25)35-14-18-13-22(29)33-23-16(5)15(4)9-10-19(18)23/h9-13H,6-8,14H2,1-5H3. The number of hydrogen-bond donors (Lipinski definition) is 0. The van der Waals surface area contributed by atoms with Gasteiger partial charge in [-0.15, -0.1) is 10.2 Å². The maximum atomic E-state index is 12.2. The highest BCUT2D eigenvalue weighted by Crippen LogP contribution is 2.42. The molecule has 0 atom stereocenters. The number of aryl methyl sites for hydroxylation is 2. The fourth-order valence-corrected chi connectivity index (χ4v) is 4.43. The lowest BCUT2D eigenvalue weighted by atomic mass is 10.0. The zero-order valence-electron chi connectivity index (χ0n) is 20.5. The minimum absolute atomic E-state index is 0.335. The highest BCUT2D eigenvalue weighted by Gasteiger charge is 2.19. The van der Waals surface area contributed by atoms with Crippen LogP contribution in [-0.4, -0.2) is 30.0 Å². The quantitative estimate of drug-likeness (QED) is 0.195. The molecule has 184 valence electrons. The normalized spacial score (nSPS) is 11.1. The van der Waals surface area contributed by atoms with E-state index in [0.717, 1.165) is 22.1 Å². The predicted molar refractivity (Wildman–Crippen MR) is 135 cm³/mol. The molecule has 0 saturated carbocycles. The van der Waals surface area contributed by atoms with Gasteiger partial charge in [-0.2, -0.15) is 0 Å². The summed E-state index contributed by atoms with van der Waals surface area (Å²) in [6.45, 7) is 11.1. The first-order chi connectivity index (χ1) is 16.9. The first-order valence-corrected chi connectivity index (χ1v) is 12.5. The molecule has 8 nitrogen and oxygen atoms in total. The lowest BCUT2D eigenvalue weighted by Gasteiger charge is -2.16. The van der Waals surface area contributed by atoms with Gasteiger partial charge in [-0.3, -0.25) is 0 Å². The van der Waals surface area contributed by atoms with E-state index in [-0.39, 0.29) is 5.63 Å². The van der Waals surface area contributed by atoms with Crippen molar-refractivity contribution in [2.75, 3.05) is 19.8 Å². The maximum Gasteiger partial charge on any atom is 0.336 e. The Labute approximate surface area is 207 Å². The molecule has 0 saturated heterocycles. The molecule has 0 aliphatic carbocycles. The van der Waals surface area contributed by atoms with E-state index in [1.807, 2.05) is 46.8 Å². The fourth-order valence-electron chi connectivity index (χ4n) is 3.68. The van der Waals surface area contributed by atoms with Gasteiger partial charge in [0.15, 0.2) is 11.5 Å². The molecule has 4 aromatic rings. The molecule has 0 spiro atoms. The Morgan fingerprint density at radius 2 is 1.57 bits per heavy atom. The second-order valence-corrected chi connectivity index (χ2v) is 8.66. The van der Waals surface area contributed by atoms with Crippen LogP contribution in [0.1, 0.15) is 37.5 Å². The number of fused-ring (bicyclic) bond motifs is 1. The van der Waals surface area contributed by atoms with Crippen molar-refractivity contribution in [1.82, 2.24) is 10.2 Å². The first kappa shape index (κ1) is 24.7. The Kier molecular flexibility index (Phi) is 7.65. The molecule has 0 N–H and O–H groups in total. The van der Waals surface area contributed by atoms with Gasteiger partial charge in [0.2, 0.25) is 11.6 Å². The zero-order valence-corrected chi connectivity index (χ0v) is 21.3. The molecule has 2 aromatic carbocycles. The average Bonchev–Trinajstić information content (AvgIpc) is 3.31. The van der Waals surface area contributed by atoms with Gasteiger partial charge in [-0.1, -0.05) is 23.9 Å². The Morgan fingerprint density at radius 1 is 0.886 bits per heavy atom. The molecule has 35 heavy (non-hydrogen) atoms. The third-order valence-electron chi connectivity index (χ3n) is 5.43. The van der Waals surface area contributed by atoms with Crippen LogP contribution in [0.25, 0.3) is 22.4 Å². The molecule has 0 radical (unpaired) electrons. The molecule has 0 fully saturated rings. The van der Waals surface area contributed by atoms with E-state index in [0.29, 0.717) is 65.1 Å². The summed E-state index contributed by atoms with van der Waals surface area (Å²) in [5.41, 5.74) is 3.77. The summed E-state index contributed by atoms with van der Waals surface area (Å²) in [4.78, 5) is 12.2. The summed E-state index contributed by atoms with van der Waals surface area (Å²) in [5, 5.41) is 9.68. The van der Waals surface area contributed by atoms with Crippen molar-refractivity contribution in [3.05, 3.63) is 57.4 Å². The number of benzene rings is 2. The lowest BCUT2D eigenvalue weighted by molar-refractivity contribution is 0.261. The minimum atomic E-state index is -0.380. The summed E-state index contributed by atoms with van der Waals surface area (Å²) < 4.78 is 28.7. The van der Waals surface area contributed by atoms with Gasteiger partial charge in [-0.05, 0) is 63.4 Å². The van der Waals surface area contributed by atoms with Crippen LogP contribution in [0.2, 0.25) is 0 Å². The SMILES string of the molecule is CCOc1cc(-c2nnc(SCc3cc(=O)oc4c(C)c(C)ccc34)o2)cc(OCC)c1OCC. The highest BCUT2D eigenvalue weighted by atomic mass is 32.2. The van der Waals surface area contributed by atoms with E-state index < -0.39 is 0 Å². The Bertz CT molecular complexity index is 1370. The van der Waals surface area contributed by atoms with E-state index in [2.05, 4.69) is 10.2 Å². The van der Waals surface area contributed by atoms with Gasteiger partial charge < -0.3 is 23.0 Å². The van der Waals surface area contributed by atoms with Crippen LogP contribution >= 0.6 is 11.8 Å². The third-order valence-corrected chi connectivity index (χ3v) is 6.30. The van der Waals surface area contributed by atoms with E-state index in [9.17, 15) is 4.79 Å². The van der Waals surface area contributed by atoms with Crippen molar-refractivity contribution >= 4 is 22.7 Å². The van der Waals surface area contributed by atoms with Gasteiger partial charge in [-0.25, -0.2) is 4.79 Å². The Morgan fingerprint density at radius 3 is 2.23 bits per heavy atom. The van der Waals surface area contributed by atoms with Crippen molar-refractivity contribution < 1.29 is 23.0 Å². The van der Waals surface area contributed by atoms with Crippen molar-refractivity contribution in [3.63, 3.8) is 0 Å². The van der Waals surface area contributed by atoms with Crippen molar-refractivity contribution in [2.24, 2.45) is 0 Å². The van der Waals surface area contributed by atoms with Gasteiger partial charge in [0.05, 0.1) is 19.8 Å².